The third kappa shape index (κ3) is 1.61. The maximum atomic E-state index is 11.4. The Morgan fingerprint density at radius 1 is 1.36 bits per heavy atom. The Balaban J connectivity index is 1.98. The van der Waals surface area contributed by atoms with Crippen molar-refractivity contribution in [2.45, 2.75) is 12.8 Å². The Hall–Kier alpha value is -1.78. The largest absolute Gasteiger partial charge is 0.442 e. The lowest BCUT2D eigenvalue weighted by Crippen LogP contribution is -2.30. The SMILES string of the molecule is O=C1CCCN1OC(=O)n1cccc1. The van der Waals surface area contributed by atoms with Gasteiger partial charge in [0.2, 0.25) is 0 Å². The molecule has 1 aliphatic rings. The first-order valence-electron chi connectivity index (χ1n) is 4.43. The van der Waals surface area contributed by atoms with Crippen LogP contribution in [0.1, 0.15) is 12.8 Å². The predicted octanol–water partition coefficient (Wildman–Crippen LogP) is 1.01. The lowest BCUT2D eigenvalue weighted by molar-refractivity contribution is -0.157. The van der Waals surface area contributed by atoms with Crippen LogP contribution in [0.4, 0.5) is 4.79 Å². The Bertz CT molecular complexity index is 345. The standard InChI is InChI=1S/C9H10N2O3/c12-8-4-3-7-11(8)14-9(13)10-5-1-2-6-10/h1-2,5-6H,3-4,7H2. The van der Waals surface area contributed by atoms with Crippen LogP contribution in [-0.4, -0.2) is 28.2 Å². The third-order valence-corrected chi connectivity index (χ3v) is 2.03. The van der Waals surface area contributed by atoms with Crippen LogP contribution in [0.25, 0.3) is 0 Å². The molecule has 0 radical (unpaired) electrons. The van der Waals surface area contributed by atoms with E-state index in [0.717, 1.165) is 11.5 Å². The first kappa shape index (κ1) is 8.80. The van der Waals surface area contributed by atoms with Gasteiger partial charge >= 0.3 is 6.09 Å². The van der Waals surface area contributed by atoms with Crippen LogP contribution in [0.2, 0.25) is 0 Å². The average molecular weight is 194 g/mol. The van der Waals surface area contributed by atoms with Gasteiger partial charge in [-0.2, -0.15) is 5.06 Å². The molecule has 0 N–H and O–H groups in total. The number of hydroxylamine groups is 2. The molecule has 14 heavy (non-hydrogen) atoms. The fourth-order valence-corrected chi connectivity index (χ4v) is 1.32. The van der Waals surface area contributed by atoms with Crippen molar-refractivity contribution in [3.05, 3.63) is 24.5 Å². The highest BCUT2D eigenvalue weighted by molar-refractivity contribution is 5.79. The van der Waals surface area contributed by atoms with Crippen molar-refractivity contribution >= 4 is 12.0 Å². The van der Waals surface area contributed by atoms with E-state index in [0.29, 0.717) is 13.0 Å². The zero-order valence-electron chi connectivity index (χ0n) is 7.55. The van der Waals surface area contributed by atoms with Gasteiger partial charge in [-0.05, 0) is 18.6 Å². The van der Waals surface area contributed by atoms with E-state index in [2.05, 4.69) is 0 Å². The molecule has 0 atom stereocenters. The van der Waals surface area contributed by atoms with Crippen molar-refractivity contribution in [2.24, 2.45) is 0 Å². The van der Waals surface area contributed by atoms with E-state index < -0.39 is 6.09 Å². The van der Waals surface area contributed by atoms with Crippen LogP contribution in [0.5, 0.6) is 0 Å². The Labute approximate surface area is 80.8 Å². The van der Waals surface area contributed by atoms with Crippen molar-refractivity contribution in [3.63, 3.8) is 0 Å². The molecule has 2 heterocycles. The fraction of sp³-hybridized carbons (Fsp3) is 0.333. The number of amides is 1. The molecule has 74 valence electrons. The van der Waals surface area contributed by atoms with Crippen LogP contribution in [0, 0.1) is 0 Å². The monoisotopic (exact) mass is 194 g/mol. The van der Waals surface area contributed by atoms with Crippen LogP contribution in [0.3, 0.4) is 0 Å². The van der Waals surface area contributed by atoms with Crippen LogP contribution in [0.15, 0.2) is 24.5 Å². The van der Waals surface area contributed by atoms with E-state index in [9.17, 15) is 9.59 Å². The zero-order chi connectivity index (χ0) is 9.97. The van der Waals surface area contributed by atoms with Gasteiger partial charge in [-0.1, -0.05) is 0 Å². The summed E-state index contributed by atoms with van der Waals surface area (Å²) in [5, 5.41) is 1.11. The zero-order valence-corrected chi connectivity index (χ0v) is 7.55. The van der Waals surface area contributed by atoms with Crippen molar-refractivity contribution in [2.75, 3.05) is 6.54 Å². The molecule has 0 spiro atoms. The minimum Gasteiger partial charge on any atom is -0.318 e. The highest BCUT2D eigenvalue weighted by Gasteiger charge is 2.24. The summed E-state index contributed by atoms with van der Waals surface area (Å²) in [4.78, 5) is 27.3. The summed E-state index contributed by atoms with van der Waals surface area (Å²) in [5.41, 5.74) is 0. The number of carbonyl (C=O) groups excluding carboxylic acids is 2. The molecule has 0 unspecified atom stereocenters. The molecular weight excluding hydrogens is 184 g/mol. The molecular formula is C9H10N2O3. The number of hydrogen-bond donors (Lipinski definition) is 0. The molecule has 1 aromatic rings. The topological polar surface area (TPSA) is 51.5 Å². The summed E-state index contributed by atoms with van der Waals surface area (Å²) in [7, 11) is 0. The fourth-order valence-electron chi connectivity index (χ4n) is 1.32. The molecule has 1 fully saturated rings. The first-order chi connectivity index (χ1) is 6.77. The van der Waals surface area contributed by atoms with E-state index in [1.807, 2.05) is 0 Å². The second-order valence-corrected chi connectivity index (χ2v) is 3.05. The van der Waals surface area contributed by atoms with E-state index in [1.165, 1.54) is 4.57 Å². The van der Waals surface area contributed by atoms with Crippen LogP contribution in [-0.2, 0) is 9.63 Å². The van der Waals surface area contributed by atoms with E-state index in [4.69, 9.17) is 4.84 Å². The highest BCUT2D eigenvalue weighted by Crippen LogP contribution is 2.10. The number of nitrogens with zero attached hydrogens (tertiary/aromatic N) is 2. The molecule has 0 aromatic carbocycles. The quantitative estimate of drug-likeness (QED) is 0.670. The Morgan fingerprint density at radius 2 is 2.07 bits per heavy atom. The summed E-state index contributed by atoms with van der Waals surface area (Å²) >= 11 is 0. The molecule has 2 rings (SSSR count). The molecule has 5 nitrogen and oxygen atoms in total. The summed E-state index contributed by atoms with van der Waals surface area (Å²) in [5.74, 6) is -0.134. The maximum absolute atomic E-state index is 11.4. The van der Waals surface area contributed by atoms with Crippen LogP contribution < -0.4 is 0 Å². The Morgan fingerprint density at radius 3 is 2.64 bits per heavy atom. The van der Waals surface area contributed by atoms with Gasteiger partial charge < -0.3 is 4.84 Å². The van der Waals surface area contributed by atoms with Gasteiger partial charge in [-0.25, -0.2) is 4.79 Å². The van der Waals surface area contributed by atoms with Gasteiger partial charge in [-0.15, -0.1) is 0 Å². The highest BCUT2D eigenvalue weighted by atomic mass is 16.7. The van der Waals surface area contributed by atoms with Gasteiger partial charge in [0.1, 0.15) is 0 Å². The minimum absolute atomic E-state index is 0.134. The average Bonchev–Trinajstić information content (AvgIpc) is 2.77. The summed E-state index contributed by atoms with van der Waals surface area (Å²) < 4.78 is 1.28. The molecule has 1 aromatic heterocycles. The predicted molar refractivity (Wildman–Crippen MR) is 47.3 cm³/mol. The van der Waals surface area contributed by atoms with Crippen molar-refractivity contribution in [1.82, 2.24) is 9.63 Å². The van der Waals surface area contributed by atoms with Gasteiger partial charge in [0.05, 0.1) is 6.54 Å². The van der Waals surface area contributed by atoms with E-state index >= 15 is 0 Å². The van der Waals surface area contributed by atoms with Gasteiger partial charge in [0, 0.05) is 18.8 Å². The number of hydrogen-bond acceptors (Lipinski definition) is 3. The molecule has 1 aliphatic heterocycles. The third-order valence-electron chi connectivity index (χ3n) is 2.03. The molecule has 0 bridgehead atoms. The smallest absolute Gasteiger partial charge is 0.318 e. The minimum atomic E-state index is -0.551. The van der Waals surface area contributed by atoms with Gasteiger partial charge in [-0.3, -0.25) is 9.36 Å². The molecule has 1 saturated heterocycles. The summed E-state index contributed by atoms with van der Waals surface area (Å²) in [6.07, 6.45) is 3.80. The van der Waals surface area contributed by atoms with E-state index in [-0.39, 0.29) is 5.91 Å². The number of rotatable bonds is 1. The van der Waals surface area contributed by atoms with Gasteiger partial charge in [0.15, 0.2) is 0 Å². The van der Waals surface area contributed by atoms with Crippen LogP contribution >= 0.6 is 0 Å². The molecule has 0 aliphatic carbocycles. The normalized spacial score (nSPS) is 16.0. The second-order valence-electron chi connectivity index (χ2n) is 3.05. The second kappa shape index (κ2) is 3.53. The van der Waals surface area contributed by atoms with Crippen molar-refractivity contribution in [1.29, 1.82) is 0 Å². The molecule has 5 heteroatoms. The van der Waals surface area contributed by atoms with Crippen molar-refractivity contribution in [3.8, 4) is 0 Å². The lowest BCUT2D eigenvalue weighted by Gasteiger charge is -2.13. The Kier molecular flexibility index (Phi) is 2.22. The lowest BCUT2D eigenvalue weighted by atomic mass is 10.4. The summed E-state index contributed by atoms with van der Waals surface area (Å²) in [6, 6.07) is 3.43. The summed E-state index contributed by atoms with van der Waals surface area (Å²) in [6.45, 7) is 0.492. The maximum Gasteiger partial charge on any atom is 0.442 e. The molecule has 0 saturated carbocycles. The van der Waals surface area contributed by atoms with Crippen molar-refractivity contribution < 1.29 is 14.4 Å². The van der Waals surface area contributed by atoms with Gasteiger partial charge in [0.25, 0.3) is 5.91 Å². The number of aromatic nitrogens is 1. The van der Waals surface area contributed by atoms with E-state index in [1.54, 1.807) is 24.5 Å². The first-order valence-corrected chi connectivity index (χ1v) is 4.43. The molecule has 1 amide bonds. The number of carbonyl (C=O) groups is 2.